The van der Waals surface area contributed by atoms with E-state index in [1.165, 1.54) is 6.07 Å². The van der Waals surface area contributed by atoms with Crippen LogP contribution in [0.2, 0.25) is 0 Å². The van der Waals surface area contributed by atoms with E-state index in [2.05, 4.69) is 32.6 Å². The quantitative estimate of drug-likeness (QED) is 0.738. The summed E-state index contributed by atoms with van der Waals surface area (Å²) in [6.07, 6.45) is -0.429. The van der Waals surface area contributed by atoms with Crippen LogP contribution in [0.5, 0.6) is 0 Å². The molecule has 3 heterocycles. The van der Waals surface area contributed by atoms with Crippen molar-refractivity contribution < 1.29 is 8.78 Å². The third kappa shape index (κ3) is 3.56. The molecule has 0 radical (unpaired) electrons. The first-order valence-electron chi connectivity index (χ1n) is 9.49. The summed E-state index contributed by atoms with van der Waals surface area (Å²) in [4.78, 5) is 2.27. The van der Waals surface area contributed by atoms with Crippen LogP contribution in [0.15, 0.2) is 24.3 Å². The van der Waals surface area contributed by atoms with Gasteiger partial charge in [-0.15, -0.1) is 10.2 Å². The van der Waals surface area contributed by atoms with Crippen molar-refractivity contribution in [3.05, 3.63) is 41.1 Å². The van der Waals surface area contributed by atoms with E-state index in [4.69, 9.17) is 0 Å². The molecule has 1 aliphatic heterocycles. The van der Waals surface area contributed by atoms with Gasteiger partial charge < -0.3 is 10.2 Å². The predicted octanol–water partition coefficient (Wildman–Crippen LogP) is 3.85. The van der Waals surface area contributed by atoms with Crippen LogP contribution >= 0.6 is 0 Å². The average molecular weight is 386 g/mol. The Kier molecular flexibility index (Phi) is 4.97. The first-order chi connectivity index (χ1) is 13.4. The largest absolute Gasteiger partial charge is 0.349 e. The topological polar surface area (TPSA) is 58.4 Å². The lowest BCUT2D eigenvalue weighted by Crippen LogP contribution is -2.40. The van der Waals surface area contributed by atoms with Crippen LogP contribution in [-0.4, -0.2) is 50.9 Å². The van der Waals surface area contributed by atoms with Crippen molar-refractivity contribution in [2.24, 2.45) is 0 Å². The number of hydrogen-bond donors (Lipinski definition) is 1. The number of anilines is 1. The maximum absolute atomic E-state index is 13.6. The summed E-state index contributed by atoms with van der Waals surface area (Å²) < 4.78 is 29.0. The minimum absolute atomic E-state index is 0.0373. The molecular formula is C20H24F2N6. The number of aryl methyl sites for hydroxylation is 2. The summed E-state index contributed by atoms with van der Waals surface area (Å²) in [5, 5.41) is 16.6. The van der Waals surface area contributed by atoms with E-state index in [1.54, 1.807) is 17.5 Å². The summed E-state index contributed by atoms with van der Waals surface area (Å²) in [5.74, 6) is 0.540. The normalized spacial score (nSPS) is 18.1. The molecule has 1 atom stereocenters. The zero-order chi connectivity index (χ0) is 19.8. The second kappa shape index (κ2) is 7.43. The van der Waals surface area contributed by atoms with Crippen molar-refractivity contribution in [2.75, 3.05) is 25.5 Å². The zero-order valence-electron chi connectivity index (χ0n) is 16.3. The van der Waals surface area contributed by atoms with Crippen LogP contribution < -0.4 is 5.32 Å². The van der Waals surface area contributed by atoms with E-state index in [-0.39, 0.29) is 11.6 Å². The summed E-state index contributed by atoms with van der Waals surface area (Å²) in [6.45, 7) is 5.67. The van der Waals surface area contributed by atoms with Gasteiger partial charge in [0.05, 0.1) is 11.2 Å². The SMILES string of the molecule is Cc1ccc(-c2nnc(N[C@@H]3CCCN(C)C3)n3nc(C)cc23)c(C(F)F)c1. The molecule has 3 aromatic rings. The molecule has 1 aromatic carbocycles. The molecule has 0 spiro atoms. The van der Waals surface area contributed by atoms with Gasteiger partial charge in [-0.25, -0.2) is 8.78 Å². The number of likely N-dealkylation sites (tertiary alicyclic amines) is 1. The standard InChI is InChI=1S/C20H24F2N6/c1-12-6-7-15(16(9-12)19(21)22)18-17-10-13(2)26-28(17)20(25-24-18)23-14-5-4-8-27(3)11-14/h6-7,9-10,14,19H,4-5,8,11H2,1-3H3,(H,23,25)/t14-/m1/s1. The zero-order valence-corrected chi connectivity index (χ0v) is 16.3. The molecule has 8 heteroatoms. The Morgan fingerprint density at radius 3 is 2.75 bits per heavy atom. The number of halogens is 2. The number of benzene rings is 1. The molecule has 0 unspecified atom stereocenters. The van der Waals surface area contributed by atoms with Gasteiger partial charge in [-0.3, -0.25) is 0 Å². The molecule has 4 rings (SSSR count). The number of hydrogen-bond acceptors (Lipinski definition) is 5. The Labute approximate surface area is 162 Å². The minimum atomic E-state index is -2.59. The van der Waals surface area contributed by atoms with Crippen molar-refractivity contribution >= 4 is 11.5 Å². The first-order valence-corrected chi connectivity index (χ1v) is 9.49. The Hall–Kier alpha value is -2.61. The van der Waals surface area contributed by atoms with E-state index in [0.717, 1.165) is 37.2 Å². The highest BCUT2D eigenvalue weighted by atomic mass is 19.3. The molecule has 148 valence electrons. The fraction of sp³-hybridized carbons (Fsp3) is 0.450. The Balaban J connectivity index is 1.78. The number of rotatable bonds is 4. The van der Waals surface area contributed by atoms with Crippen LogP contribution in [0.4, 0.5) is 14.7 Å². The second-order valence-corrected chi connectivity index (χ2v) is 7.59. The first kappa shape index (κ1) is 18.7. The van der Waals surface area contributed by atoms with Crippen molar-refractivity contribution in [3.63, 3.8) is 0 Å². The average Bonchev–Trinajstić information content (AvgIpc) is 3.04. The van der Waals surface area contributed by atoms with E-state index in [0.29, 0.717) is 22.7 Å². The summed E-state index contributed by atoms with van der Waals surface area (Å²) in [6, 6.07) is 7.12. The highest BCUT2D eigenvalue weighted by Gasteiger charge is 2.22. The number of likely N-dealkylation sites (N-methyl/N-ethyl adjacent to an activating group) is 1. The number of aromatic nitrogens is 4. The molecule has 1 aliphatic rings. The summed E-state index contributed by atoms with van der Waals surface area (Å²) in [7, 11) is 2.10. The predicted molar refractivity (Wildman–Crippen MR) is 105 cm³/mol. The maximum atomic E-state index is 13.6. The molecule has 0 saturated carbocycles. The molecular weight excluding hydrogens is 362 g/mol. The third-order valence-electron chi connectivity index (χ3n) is 5.17. The van der Waals surface area contributed by atoms with E-state index < -0.39 is 6.43 Å². The van der Waals surface area contributed by atoms with Gasteiger partial charge in [0, 0.05) is 23.7 Å². The lowest BCUT2D eigenvalue weighted by Gasteiger charge is -2.30. The van der Waals surface area contributed by atoms with Crippen LogP contribution in [0.3, 0.4) is 0 Å². The highest BCUT2D eigenvalue weighted by Crippen LogP contribution is 2.33. The summed E-state index contributed by atoms with van der Waals surface area (Å²) in [5.41, 5.74) is 3.01. The van der Waals surface area contributed by atoms with E-state index in [9.17, 15) is 8.78 Å². The number of alkyl halides is 2. The van der Waals surface area contributed by atoms with Gasteiger partial charge in [-0.2, -0.15) is 9.61 Å². The molecule has 1 N–H and O–H groups in total. The Morgan fingerprint density at radius 1 is 1.18 bits per heavy atom. The Morgan fingerprint density at radius 2 is 2.00 bits per heavy atom. The van der Waals surface area contributed by atoms with Crippen molar-refractivity contribution in [1.82, 2.24) is 24.7 Å². The van der Waals surface area contributed by atoms with Gasteiger partial charge in [-0.05, 0) is 52.4 Å². The molecule has 6 nitrogen and oxygen atoms in total. The third-order valence-corrected chi connectivity index (χ3v) is 5.17. The molecule has 1 saturated heterocycles. The lowest BCUT2D eigenvalue weighted by atomic mass is 10.0. The van der Waals surface area contributed by atoms with Crippen LogP contribution in [0.1, 0.15) is 36.1 Å². The van der Waals surface area contributed by atoms with Crippen LogP contribution in [0.25, 0.3) is 16.8 Å². The highest BCUT2D eigenvalue weighted by molar-refractivity contribution is 5.80. The fourth-order valence-electron chi connectivity index (χ4n) is 3.85. The molecule has 1 fully saturated rings. The van der Waals surface area contributed by atoms with Crippen molar-refractivity contribution in [2.45, 2.75) is 39.2 Å². The van der Waals surface area contributed by atoms with Gasteiger partial charge in [0.1, 0.15) is 5.69 Å². The summed E-state index contributed by atoms with van der Waals surface area (Å²) >= 11 is 0. The fourth-order valence-corrected chi connectivity index (χ4v) is 3.85. The van der Waals surface area contributed by atoms with E-state index in [1.807, 2.05) is 19.1 Å². The maximum Gasteiger partial charge on any atom is 0.264 e. The van der Waals surface area contributed by atoms with E-state index >= 15 is 0 Å². The lowest BCUT2D eigenvalue weighted by molar-refractivity contribution is 0.152. The number of fused-ring (bicyclic) bond motifs is 1. The number of nitrogens with one attached hydrogen (secondary N) is 1. The van der Waals surface area contributed by atoms with Crippen molar-refractivity contribution in [3.8, 4) is 11.3 Å². The van der Waals surface area contributed by atoms with Gasteiger partial charge in [-0.1, -0.05) is 17.7 Å². The van der Waals surface area contributed by atoms with Crippen LogP contribution in [0, 0.1) is 13.8 Å². The van der Waals surface area contributed by atoms with Gasteiger partial charge in [0.2, 0.25) is 5.95 Å². The molecule has 0 bridgehead atoms. The monoisotopic (exact) mass is 386 g/mol. The number of piperidine rings is 1. The molecule has 2 aromatic heterocycles. The minimum Gasteiger partial charge on any atom is -0.349 e. The number of nitrogens with zero attached hydrogens (tertiary/aromatic N) is 5. The van der Waals surface area contributed by atoms with Crippen LogP contribution in [-0.2, 0) is 0 Å². The van der Waals surface area contributed by atoms with Gasteiger partial charge >= 0.3 is 0 Å². The Bertz CT molecular complexity index is 1000. The molecule has 28 heavy (non-hydrogen) atoms. The molecule has 0 aliphatic carbocycles. The van der Waals surface area contributed by atoms with Gasteiger partial charge in [0.25, 0.3) is 6.43 Å². The smallest absolute Gasteiger partial charge is 0.264 e. The van der Waals surface area contributed by atoms with Crippen molar-refractivity contribution in [1.29, 1.82) is 0 Å². The second-order valence-electron chi connectivity index (χ2n) is 7.59. The molecule has 0 amide bonds. The van der Waals surface area contributed by atoms with Gasteiger partial charge in [0.15, 0.2) is 0 Å².